The third-order valence-electron chi connectivity index (χ3n) is 5.64. The van der Waals surface area contributed by atoms with E-state index in [0.717, 1.165) is 12.2 Å². The van der Waals surface area contributed by atoms with Gasteiger partial charge in [0.25, 0.3) is 5.54 Å². The number of ketones is 2. The van der Waals surface area contributed by atoms with Crippen LogP contribution in [0.15, 0.2) is 42.5 Å². The number of nitro groups is 2. The van der Waals surface area contributed by atoms with Gasteiger partial charge in [0.05, 0.1) is 19.7 Å². The normalized spacial score (nSPS) is 29.5. The molecule has 1 saturated heterocycles. The van der Waals surface area contributed by atoms with Crippen LogP contribution in [0.1, 0.15) is 16.8 Å². The molecular formula is C18H19N3O7. The molecule has 10 heteroatoms. The summed E-state index contributed by atoms with van der Waals surface area (Å²) >= 11 is 0. The van der Waals surface area contributed by atoms with E-state index < -0.39 is 51.4 Å². The molecule has 1 heterocycles. The fourth-order valence-electron chi connectivity index (χ4n) is 4.26. The van der Waals surface area contributed by atoms with Gasteiger partial charge >= 0.3 is 5.54 Å². The molecule has 0 aromatic heterocycles. The van der Waals surface area contributed by atoms with Gasteiger partial charge in [-0.25, -0.2) is 0 Å². The van der Waals surface area contributed by atoms with Crippen molar-refractivity contribution in [2.75, 3.05) is 26.2 Å². The summed E-state index contributed by atoms with van der Waals surface area (Å²) in [5.41, 5.74) is -4.02. The topological polar surface area (TPSA) is 144 Å². The van der Waals surface area contributed by atoms with Crippen molar-refractivity contribution in [2.45, 2.75) is 17.5 Å². The van der Waals surface area contributed by atoms with Crippen molar-refractivity contribution in [3.05, 3.63) is 68.3 Å². The zero-order valence-corrected chi connectivity index (χ0v) is 14.9. The second-order valence-corrected chi connectivity index (χ2v) is 7.11. The first-order chi connectivity index (χ1) is 13.3. The van der Waals surface area contributed by atoms with Crippen LogP contribution in [0.3, 0.4) is 0 Å². The maximum Gasteiger partial charge on any atom is 0.305 e. The molecule has 1 aromatic rings. The Kier molecular flexibility index (Phi) is 5.09. The first-order valence-electron chi connectivity index (χ1n) is 8.72. The van der Waals surface area contributed by atoms with Gasteiger partial charge in [0, 0.05) is 28.4 Å². The minimum Gasteiger partial charge on any atom is -0.395 e. The molecule has 1 aliphatic carbocycles. The number of piperidine rings is 1. The Balaban J connectivity index is 2.12. The van der Waals surface area contributed by atoms with Crippen LogP contribution < -0.4 is 0 Å². The van der Waals surface area contributed by atoms with E-state index in [1.807, 2.05) is 0 Å². The molecule has 0 radical (unpaired) electrons. The minimum absolute atomic E-state index is 0.0499. The van der Waals surface area contributed by atoms with Crippen LogP contribution >= 0.6 is 0 Å². The maximum absolute atomic E-state index is 12.8. The lowest BCUT2D eigenvalue weighted by Crippen LogP contribution is -2.75. The third kappa shape index (κ3) is 2.90. The van der Waals surface area contributed by atoms with E-state index in [0.29, 0.717) is 0 Å². The average molecular weight is 389 g/mol. The van der Waals surface area contributed by atoms with Gasteiger partial charge in [-0.15, -0.1) is 0 Å². The second-order valence-electron chi connectivity index (χ2n) is 7.11. The number of benzene rings is 1. The van der Waals surface area contributed by atoms with Crippen LogP contribution in [0.4, 0.5) is 0 Å². The van der Waals surface area contributed by atoms with Gasteiger partial charge in [0.2, 0.25) is 5.78 Å². The van der Waals surface area contributed by atoms with E-state index in [1.54, 1.807) is 18.2 Å². The summed E-state index contributed by atoms with van der Waals surface area (Å²) in [7, 11) is 0. The van der Waals surface area contributed by atoms with Crippen molar-refractivity contribution in [2.24, 2.45) is 5.92 Å². The zero-order valence-electron chi connectivity index (χ0n) is 14.9. The molecule has 2 bridgehead atoms. The molecule has 3 atom stereocenters. The standard InChI is InChI=1S/C18H19N3O7/c22-9-8-19-11-17(20(25)26)7-6-16(24)18(12-19,21(27)28)15(17)10-14(23)13-4-2-1-3-5-13/h1-7,15,22H,8-12H2/t15-,17-,18+/m0/s1. The van der Waals surface area contributed by atoms with Gasteiger partial charge in [-0.05, 0) is 12.2 Å². The largest absolute Gasteiger partial charge is 0.395 e. The summed E-state index contributed by atoms with van der Waals surface area (Å²) in [6.45, 7) is -1.04. The SMILES string of the molecule is O=C(C[C@H]1[C@]2([N+](=O)[O-])C=CC(=O)[C@@]1([N+](=O)[O-])CN(CCO)C2)c1ccccc1. The van der Waals surface area contributed by atoms with E-state index in [9.17, 15) is 34.9 Å². The highest BCUT2D eigenvalue weighted by atomic mass is 16.6. The Hall–Kier alpha value is -2.98. The summed E-state index contributed by atoms with van der Waals surface area (Å²) in [5, 5.41) is 33.3. The number of carbonyl (C=O) groups is 2. The fourth-order valence-corrected chi connectivity index (χ4v) is 4.26. The zero-order chi connectivity index (χ0) is 20.5. The highest BCUT2D eigenvalue weighted by Crippen LogP contribution is 2.46. The monoisotopic (exact) mass is 389 g/mol. The smallest absolute Gasteiger partial charge is 0.305 e. The van der Waals surface area contributed by atoms with E-state index in [4.69, 9.17) is 0 Å². The first-order valence-corrected chi connectivity index (χ1v) is 8.72. The minimum atomic E-state index is -2.32. The van der Waals surface area contributed by atoms with Crippen LogP contribution in [-0.4, -0.2) is 68.7 Å². The Morgan fingerprint density at radius 1 is 1.18 bits per heavy atom. The van der Waals surface area contributed by atoms with Gasteiger partial charge in [0.1, 0.15) is 5.92 Å². The first kappa shape index (κ1) is 19.8. The van der Waals surface area contributed by atoms with Crippen LogP contribution in [-0.2, 0) is 4.79 Å². The molecule has 28 heavy (non-hydrogen) atoms. The number of fused-ring (bicyclic) bond motifs is 2. The van der Waals surface area contributed by atoms with E-state index in [-0.39, 0.29) is 25.3 Å². The van der Waals surface area contributed by atoms with Gasteiger partial charge in [-0.2, -0.15) is 0 Å². The number of carbonyl (C=O) groups excluding carboxylic acids is 2. The highest BCUT2D eigenvalue weighted by Gasteiger charge is 2.74. The molecule has 2 aliphatic rings. The molecule has 3 rings (SSSR count). The molecule has 0 amide bonds. The number of likely N-dealkylation sites (tertiary alicyclic amines) is 1. The van der Waals surface area contributed by atoms with Crippen LogP contribution in [0, 0.1) is 26.1 Å². The van der Waals surface area contributed by atoms with Crippen molar-refractivity contribution < 1.29 is 24.5 Å². The number of rotatable bonds is 7. The molecule has 1 N–H and O–H groups in total. The Bertz CT molecular complexity index is 856. The number of nitrogens with zero attached hydrogens (tertiary/aromatic N) is 3. The summed E-state index contributed by atoms with van der Waals surface area (Å²) in [4.78, 5) is 49.4. The fraction of sp³-hybridized carbons (Fsp3) is 0.444. The molecule has 1 aromatic carbocycles. The van der Waals surface area contributed by atoms with Crippen LogP contribution in [0.5, 0.6) is 0 Å². The highest BCUT2D eigenvalue weighted by molar-refractivity contribution is 6.01. The predicted molar refractivity (Wildman–Crippen MR) is 96.0 cm³/mol. The number of aliphatic hydroxyl groups is 1. The van der Waals surface area contributed by atoms with Crippen molar-refractivity contribution in [3.63, 3.8) is 0 Å². The van der Waals surface area contributed by atoms with E-state index in [2.05, 4.69) is 0 Å². The summed E-state index contributed by atoms with van der Waals surface area (Å²) in [5.74, 6) is -2.81. The Morgan fingerprint density at radius 2 is 1.86 bits per heavy atom. The molecular weight excluding hydrogens is 370 g/mol. The van der Waals surface area contributed by atoms with Gasteiger partial charge in [-0.1, -0.05) is 30.3 Å². The maximum atomic E-state index is 12.8. The molecule has 0 spiro atoms. The molecule has 0 unspecified atom stereocenters. The Morgan fingerprint density at radius 3 is 2.43 bits per heavy atom. The molecule has 1 aliphatic heterocycles. The lowest BCUT2D eigenvalue weighted by atomic mass is 9.60. The van der Waals surface area contributed by atoms with Gasteiger partial charge in [0.15, 0.2) is 5.78 Å². The summed E-state index contributed by atoms with van der Waals surface area (Å²) in [6, 6.07) is 7.98. The summed E-state index contributed by atoms with van der Waals surface area (Å²) in [6.07, 6.45) is 1.46. The Labute approximate surface area is 159 Å². The van der Waals surface area contributed by atoms with Crippen molar-refractivity contribution >= 4 is 11.6 Å². The number of β-amino-alcohol motifs (C(OH)–C–C–N with tert-alkyl or cyclic N) is 1. The predicted octanol–water partition coefficient (Wildman–Crippen LogP) is 0.353. The lowest BCUT2D eigenvalue weighted by Gasteiger charge is -2.48. The van der Waals surface area contributed by atoms with Crippen molar-refractivity contribution in [1.82, 2.24) is 4.90 Å². The second kappa shape index (κ2) is 7.21. The summed E-state index contributed by atoms with van der Waals surface area (Å²) < 4.78 is 0. The number of hydrogen-bond donors (Lipinski definition) is 1. The molecule has 10 nitrogen and oxygen atoms in total. The van der Waals surface area contributed by atoms with E-state index >= 15 is 0 Å². The molecule has 0 saturated carbocycles. The number of Topliss-reactive ketones (excluding diaryl/α,β-unsaturated/α-hetero) is 1. The molecule has 148 valence electrons. The van der Waals surface area contributed by atoms with Gasteiger partial charge < -0.3 is 5.11 Å². The average Bonchev–Trinajstić information content (AvgIpc) is 2.66. The van der Waals surface area contributed by atoms with Crippen LogP contribution in [0.2, 0.25) is 0 Å². The third-order valence-corrected chi connectivity index (χ3v) is 5.64. The number of hydrogen-bond acceptors (Lipinski definition) is 8. The molecule has 1 fully saturated rings. The van der Waals surface area contributed by atoms with E-state index in [1.165, 1.54) is 17.0 Å². The van der Waals surface area contributed by atoms with Crippen molar-refractivity contribution in [1.29, 1.82) is 0 Å². The van der Waals surface area contributed by atoms with Crippen LogP contribution in [0.25, 0.3) is 0 Å². The lowest BCUT2D eigenvalue weighted by molar-refractivity contribution is -0.623. The van der Waals surface area contributed by atoms with Gasteiger partial charge in [-0.3, -0.25) is 34.7 Å². The quantitative estimate of drug-likeness (QED) is 0.400. The number of aliphatic hydroxyl groups excluding tert-OH is 1. The van der Waals surface area contributed by atoms with Crippen molar-refractivity contribution in [3.8, 4) is 0 Å².